The number of hydrogen-bond acceptors (Lipinski definition) is 5. The molecule has 132 valence electrons. The summed E-state index contributed by atoms with van der Waals surface area (Å²) in [4.78, 5) is 23.2. The highest BCUT2D eigenvalue weighted by molar-refractivity contribution is 5.81. The van der Waals surface area contributed by atoms with E-state index in [2.05, 4.69) is 32.4 Å². The van der Waals surface area contributed by atoms with Crippen LogP contribution in [0.25, 0.3) is 0 Å². The average Bonchev–Trinajstić information content (AvgIpc) is 2.81. The van der Waals surface area contributed by atoms with Gasteiger partial charge in [-0.25, -0.2) is 9.97 Å². The number of carbonyl (C=O) groups excluding carboxylic acids is 1. The molecule has 2 N–H and O–H groups in total. The van der Waals surface area contributed by atoms with E-state index in [1.54, 1.807) is 6.33 Å². The maximum absolute atomic E-state index is 12.1. The van der Waals surface area contributed by atoms with E-state index in [1.807, 2.05) is 6.20 Å². The van der Waals surface area contributed by atoms with Gasteiger partial charge in [-0.05, 0) is 38.5 Å². The van der Waals surface area contributed by atoms with Crippen molar-refractivity contribution in [1.82, 2.24) is 20.6 Å². The Morgan fingerprint density at radius 3 is 2.92 bits per heavy atom. The monoisotopic (exact) mass is 331 g/mol. The molecule has 0 spiro atoms. The molecular weight excluding hydrogens is 302 g/mol. The minimum absolute atomic E-state index is 0.0150. The van der Waals surface area contributed by atoms with Gasteiger partial charge < -0.3 is 15.5 Å². The molecule has 24 heavy (non-hydrogen) atoms. The SMILES string of the molecule is CCCc1cncnc1N1CCC(N[C@H]2CCCCNC2=O)CC1. The van der Waals surface area contributed by atoms with Crippen LogP contribution in [0, 0.1) is 0 Å². The minimum Gasteiger partial charge on any atom is -0.356 e. The Balaban J connectivity index is 1.55. The maximum Gasteiger partial charge on any atom is 0.237 e. The number of amides is 1. The summed E-state index contributed by atoms with van der Waals surface area (Å²) in [6, 6.07) is 0.408. The molecule has 6 heteroatoms. The molecule has 2 fully saturated rings. The lowest BCUT2D eigenvalue weighted by Crippen LogP contribution is -2.51. The summed E-state index contributed by atoms with van der Waals surface area (Å²) in [6.07, 6.45) is 11.0. The second-order valence-corrected chi connectivity index (χ2v) is 6.89. The van der Waals surface area contributed by atoms with Gasteiger partial charge in [0.05, 0.1) is 6.04 Å². The van der Waals surface area contributed by atoms with E-state index in [1.165, 1.54) is 5.56 Å². The van der Waals surface area contributed by atoms with Crippen molar-refractivity contribution in [2.75, 3.05) is 24.5 Å². The van der Waals surface area contributed by atoms with Gasteiger partial charge in [-0.3, -0.25) is 4.79 Å². The Morgan fingerprint density at radius 2 is 2.12 bits per heavy atom. The quantitative estimate of drug-likeness (QED) is 0.859. The number of nitrogens with one attached hydrogen (secondary N) is 2. The maximum atomic E-state index is 12.1. The molecule has 2 aliphatic rings. The second-order valence-electron chi connectivity index (χ2n) is 6.89. The number of aromatic nitrogens is 2. The van der Waals surface area contributed by atoms with E-state index in [9.17, 15) is 4.79 Å². The lowest BCUT2D eigenvalue weighted by atomic mass is 10.0. The van der Waals surface area contributed by atoms with E-state index in [4.69, 9.17) is 0 Å². The van der Waals surface area contributed by atoms with Gasteiger partial charge in [-0.2, -0.15) is 0 Å². The van der Waals surface area contributed by atoms with Crippen molar-refractivity contribution < 1.29 is 4.79 Å². The van der Waals surface area contributed by atoms with Crippen molar-refractivity contribution in [3.63, 3.8) is 0 Å². The number of rotatable bonds is 5. The molecule has 3 rings (SSSR count). The van der Waals surface area contributed by atoms with Crippen LogP contribution in [-0.4, -0.2) is 47.6 Å². The Morgan fingerprint density at radius 1 is 1.29 bits per heavy atom. The zero-order valence-electron chi connectivity index (χ0n) is 14.6. The summed E-state index contributed by atoms with van der Waals surface area (Å²) < 4.78 is 0. The standard InChI is InChI=1S/C18H29N5O/c1-2-5-14-12-19-13-21-17(14)23-10-7-15(8-11-23)22-16-6-3-4-9-20-18(16)24/h12-13,15-16,22H,2-11H2,1H3,(H,20,24)/t16-/m0/s1. The smallest absolute Gasteiger partial charge is 0.237 e. The Hall–Kier alpha value is -1.69. The summed E-state index contributed by atoms with van der Waals surface area (Å²) in [5.41, 5.74) is 1.24. The number of aryl methyl sites for hydroxylation is 1. The highest BCUT2D eigenvalue weighted by atomic mass is 16.2. The van der Waals surface area contributed by atoms with E-state index < -0.39 is 0 Å². The van der Waals surface area contributed by atoms with Crippen LogP contribution in [0.1, 0.15) is 51.0 Å². The molecule has 1 atom stereocenters. The highest BCUT2D eigenvalue weighted by Crippen LogP contribution is 2.22. The number of piperidine rings is 1. The molecule has 1 aromatic rings. The molecule has 2 saturated heterocycles. The van der Waals surface area contributed by atoms with Gasteiger partial charge in [-0.15, -0.1) is 0 Å². The van der Waals surface area contributed by atoms with Gasteiger partial charge in [0.15, 0.2) is 0 Å². The van der Waals surface area contributed by atoms with Crippen molar-refractivity contribution in [1.29, 1.82) is 0 Å². The summed E-state index contributed by atoms with van der Waals surface area (Å²) in [5, 5.41) is 6.60. The fourth-order valence-corrected chi connectivity index (χ4v) is 3.72. The van der Waals surface area contributed by atoms with Crippen molar-refractivity contribution in [3.8, 4) is 0 Å². The first-order chi connectivity index (χ1) is 11.8. The zero-order chi connectivity index (χ0) is 16.8. The van der Waals surface area contributed by atoms with E-state index in [0.29, 0.717) is 6.04 Å². The van der Waals surface area contributed by atoms with Gasteiger partial charge in [0.2, 0.25) is 5.91 Å². The van der Waals surface area contributed by atoms with Crippen LogP contribution in [0.3, 0.4) is 0 Å². The molecule has 0 unspecified atom stereocenters. The molecule has 0 bridgehead atoms. The fraction of sp³-hybridized carbons (Fsp3) is 0.722. The third kappa shape index (κ3) is 4.23. The summed E-state index contributed by atoms with van der Waals surface area (Å²) in [7, 11) is 0. The summed E-state index contributed by atoms with van der Waals surface area (Å²) in [5.74, 6) is 1.27. The van der Waals surface area contributed by atoms with Crippen LogP contribution in [-0.2, 0) is 11.2 Å². The summed E-state index contributed by atoms with van der Waals surface area (Å²) in [6.45, 7) is 4.98. The largest absolute Gasteiger partial charge is 0.356 e. The normalized spacial score (nSPS) is 23.0. The first-order valence-electron chi connectivity index (χ1n) is 9.35. The number of anilines is 1. The van der Waals surface area contributed by atoms with Crippen LogP contribution in [0.2, 0.25) is 0 Å². The Kier molecular flexibility index (Phi) is 6.01. The Labute approximate surface area is 144 Å². The van der Waals surface area contributed by atoms with E-state index >= 15 is 0 Å². The molecule has 3 heterocycles. The third-order valence-corrected chi connectivity index (χ3v) is 5.05. The third-order valence-electron chi connectivity index (χ3n) is 5.05. The zero-order valence-corrected chi connectivity index (χ0v) is 14.6. The van der Waals surface area contributed by atoms with Gasteiger partial charge in [0, 0.05) is 37.4 Å². The fourth-order valence-electron chi connectivity index (χ4n) is 3.72. The summed E-state index contributed by atoms with van der Waals surface area (Å²) >= 11 is 0. The molecule has 0 aliphatic carbocycles. The molecule has 0 aromatic carbocycles. The van der Waals surface area contributed by atoms with Crippen LogP contribution < -0.4 is 15.5 Å². The average molecular weight is 331 g/mol. The lowest BCUT2D eigenvalue weighted by molar-refractivity contribution is -0.123. The van der Waals surface area contributed by atoms with Gasteiger partial charge in [0.1, 0.15) is 12.1 Å². The lowest BCUT2D eigenvalue weighted by Gasteiger charge is -2.35. The molecule has 2 aliphatic heterocycles. The molecule has 0 saturated carbocycles. The van der Waals surface area contributed by atoms with Crippen molar-refractivity contribution in [2.45, 2.75) is 64.0 Å². The van der Waals surface area contributed by atoms with Crippen molar-refractivity contribution in [3.05, 3.63) is 18.1 Å². The van der Waals surface area contributed by atoms with E-state index in [0.717, 1.165) is 70.4 Å². The Bertz CT molecular complexity index is 542. The van der Waals surface area contributed by atoms with E-state index in [-0.39, 0.29) is 11.9 Å². The van der Waals surface area contributed by atoms with Crippen molar-refractivity contribution >= 4 is 11.7 Å². The highest BCUT2D eigenvalue weighted by Gasteiger charge is 2.27. The van der Waals surface area contributed by atoms with Crippen LogP contribution in [0.5, 0.6) is 0 Å². The number of nitrogens with zero attached hydrogens (tertiary/aromatic N) is 3. The molecule has 6 nitrogen and oxygen atoms in total. The van der Waals surface area contributed by atoms with Crippen LogP contribution in [0.4, 0.5) is 5.82 Å². The number of carbonyl (C=O) groups is 1. The number of hydrogen-bond donors (Lipinski definition) is 2. The molecule has 0 radical (unpaired) electrons. The van der Waals surface area contributed by atoms with Crippen molar-refractivity contribution in [2.24, 2.45) is 0 Å². The molecule has 1 amide bonds. The van der Waals surface area contributed by atoms with Gasteiger partial charge >= 0.3 is 0 Å². The predicted molar refractivity (Wildman–Crippen MR) is 95.0 cm³/mol. The second kappa shape index (κ2) is 8.42. The molecule has 1 aromatic heterocycles. The molecular formula is C18H29N5O. The van der Waals surface area contributed by atoms with Crippen LogP contribution >= 0.6 is 0 Å². The van der Waals surface area contributed by atoms with Gasteiger partial charge in [-0.1, -0.05) is 13.3 Å². The van der Waals surface area contributed by atoms with Crippen LogP contribution in [0.15, 0.2) is 12.5 Å². The topological polar surface area (TPSA) is 70.2 Å². The minimum atomic E-state index is -0.0150. The van der Waals surface area contributed by atoms with Gasteiger partial charge in [0.25, 0.3) is 0 Å². The first kappa shape index (κ1) is 17.1. The first-order valence-corrected chi connectivity index (χ1v) is 9.35. The predicted octanol–water partition coefficient (Wildman–Crippen LogP) is 1.66.